The van der Waals surface area contributed by atoms with Gasteiger partial charge in [0.05, 0.1) is 6.26 Å². The third-order valence-corrected chi connectivity index (χ3v) is 4.99. The zero-order valence-corrected chi connectivity index (χ0v) is 13.5. The second kappa shape index (κ2) is 5.37. The van der Waals surface area contributed by atoms with Gasteiger partial charge in [-0.15, -0.1) is 0 Å². The lowest BCUT2D eigenvalue weighted by atomic mass is 9.87. The van der Waals surface area contributed by atoms with E-state index >= 15 is 0 Å². The van der Waals surface area contributed by atoms with Crippen molar-refractivity contribution in [2.45, 2.75) is 38.6 Å². The first kappa shape index (κ1) is 15.3. The van der Waals surface area contributed by atoms with E-state index in [0.717, 1.165) is 12.1 Å². The summed E-state index contributed by atoms with van der Waals surface area (Å²) < 4.78 is 24.6. The average molecular weight is 296 g/mol. The van der Waals surface area contributed by atoms with E-state index in [1.165, 1.54) is 16.1 Å². The molecule has 1 heterocycles. The Kier molecular flexibility index (Phi) is 4.12. The summed E-state index contributed by atoms with van der Waals surface area (Å²) in [6, 6.07) is 8.57. The maximum atomic E-state index is 11.5. The van der Waals surface area contributed by atoms with Gasteiger partial charge in [-0.25, -0.2) is 12.7 Å². The smallest absolute Gasteiger partial charge is 0.211 e. The van der Waals surface area contributed by atoms with E-state index in [0.29, 0.717) is 13.1 Å². The lowest BCUT2D eigenvalue weighted by molar-refractivity contribution is 0.480. The van der Waals surface area contributed by atoms with Crippen LogP contribution in [0.15, 0.2) is 24.3 Å². The van der Waals surface area contributed by atoms with Crippen LogP contribution >= 0.6 is 0 Å². The predicted octanol–water partition coefficient (Wildman–Crippen LogP) is 2.43. The highest BCUT2D eigenvalue weighted by Gasteiger charge is 2.28. The van der Waals surface area contributed by atoms with Crippen molar-refractivity contribution in [1.82, 2.24) is 4.31 Å². The molecule has 1 aliphatic heterocycles. The van der Waals surface area contributed by atoms with E-state index in [9.17, 15) is 8.42 Å². The molecular formula is C15H24N2O2S. The van der Waals surface area contributed by atoms with Crippen molar-refractivity contribution < 1.29 is 8.42 Å². The highest BCUT2D eigenvalue weighted by molar-refractivity contribution is 7.88. The first-order valence-electron chi connectivity index (χ1n) is 6.98. The van der Waals surface area contributed by atoms with Crippen LogP contribution in [0.5, 0.6) is 0 Å². The lowest BCUT2D eigenvalue weighted by Gasteiger charge is -2.21. The summed E-state index contributed by atoms with van der Waals surface area (Å²) in [6.45, 7) is 7.72. The van der Waals surface area contributed by atoms with E-state index in [-0.39, 0.29) is 11.5 Å². The summed E-state index contributed by atoms with van der Waals surface area (Å²) in [4.78, 5) is 0. The monoisotopic (exact) mass is 296 g/mol. The van der Waals surface area contributed by atoms with Crippen LogP contribution in [0.25, 0.3) is 0 Å². The third-order valence-electron chi connectivity index (χ3n) is 3.72. The molecule has 0 unspecified atom stereocenters. The molecule has 0 radical (unpaired) electrons. The molecule has 5 heteroatoms. The first-order chi connectivity index (χ1) is 9.16. The standard InChI is InChI=1S/C15H24N2O2S/c1-15(2,3)12-6-5-7-13(10-12)16-14-8-9-17(11-14)20(4,18)19/h5-7,10,14,16H,8-9,11H2,1-4H3/t14-/m0/s1. The molecule has 4 nitrogen and oxygen atoms in total. The van der Waals surface area contributed by atoms with Crippen molar-refractivity contribution >= 4 is 15.7 Å². The van der Waals surface area contributed by atoms with Gasteiger partial charge in [-0.05, 0) is 29.5 Å². The molecular weight excluding hydrogens is 272 g/mol. The summed E-state index contributed by atoms with van der Waals surface area (Å²) in [6.07, 6.45) is 2.13. The van der Waals surface area contributed by atoms with Crippen molar-refractivity contribution in [3.8, 4) is 0 Å². The second-order valence-corrected chi connectivity index (χ2v) is 8.56. The number of hydrogen-bond acceptors (Lipinski definition) is 3. The van der Waals surface area contributed by atoms with Crippen molar-refractivity contribution in [3.05, 3.63) is 29.8 Å². The molecule has 1 fully saturated rings. The van der Waals surface area contributed by atoms with Gasteiger partial charge in [-0.3, -0.25) is 0 Å². The van der Waals surface area contributed by atoms with E-state index < -0.39 is 10.0 Å². The molecule has 1 atom stereocenters. The minimum Gasteiger partial charge on any atom is -0.381 e. The highest BCUT2D eigenvalue weighted by atomic mass is 32.2. The maximum Gasteiger partial charge on any atom is 0.211 e. The minimum absolute atomic E-state index is 0.117. The van der Waals surface area contributed by atoms with Crippen LogP contribution in [0.3, 0.4) is 0 Å². The molecule has 1 aliphatic rings. The first-order valence-corrected chi connectivity index (χ1v) is 8.83. The molecule has 0 aromatic heterocycles. The average Bonchev–Trinajstić information content (AvgIpc) is 2.76. The molecule has 0 saturated carbocycles. The Balaban J connectivity index is 2.05. The Morgan fingerprint density at radius 3 is 2.55 bits per heavy atom. The predicted molar refractivity (Wildman–Crippen MR) is 83.6 cm³/mol. The summed E-state index contributed by atoms with van der Waals surface area (Å²) in [7, 11) is -3.07. The molecule has 1 aromatic carbocycles. The van der Waals surface area contributed by atoms with Gasteiger partial charge in [-0.1, -0.05) is 32.9 Å². The van der Waals surface area contributed by atoms with Gasteiger partial charge in [0.15, 0.2) is 0 Å². The molecule has 1 aromatic rings. The van der Waals surface area contributed by atoms with Gasteiger partial charge in [0.2, 0.25) is 10.0 Å². The molecule has 2 rings (SSSR count). The molecule has 0 bridgehead atoms. The summed E-state index contributed by atoms with van der Waals surface area (Å²) in [5.41, 5.74) is 2.46. The number of benzene rings is 1. The molecule has 112 valence electrons. The molecule has 1 N–H and O–H groups in total. The largest absolute Gasteiger partial charge is 0.381 e. The summed E-state index contributed by atoms with van der Waals surface area (Å²) in [5, 5.41) is 3.45. The van der Waals surface area contributed by atoms with E-state index in [2.05, 4.69) is 38.2 Å². The zero-order valence-electron chi connectivity index (χ0n) is 12.7. The highest BCUT2D eigenvalue weighted by Crippen LogP contribution is 2.26. The summed E-state index contributed by atoms with van der Waals surface area (Å²) in [5.74, 6) is 0. The van der Waals surface area contributed by atoms with Gasteiger partial charge in [0.1, 0.15) is 0 Å². The number of sulfonamides is 1. The molecule has 1 saturated heterocycles. The Morgan fingerprint density at radius 2 is 2.00 bits per heavy atom. The van der Waals surface area contributed by atoms with E-state index in [1.54, 1.807) is 0 Å². The van der Waals surface area contributed by atoms with Crippen LogP contribution in [-0.2, 0) is 15.4 Å². The third kappa shape index (κ3) is 3.73. The Labute approximate surface area is 122 Å². The van der Waals surface area contributed by atoms with Crippen LogP contribution < -0.4 is 5.32 Å². The molecule has 0 amide bonds. The Morgan fingerprint density at radius 1 is 1.30 bits per heavy atom. The van der Waals surface area contributed by atoms with Crippen molar-refractivity contribution in [2.24, 2.45) is 0 Å². The number of nitrogens with one attached hydrogen (secondary N) is 1. The number of anilines is 1. The van der Waals surface area contributed by atoms with Crippen LogP contribution in [0.1, 0.15) is 32.8 Å². The van der Waals surface area contributed by atoms with Crippen LogP contribution in [0, 0.1) is 0 Å². The Bertz CT molecular complexity index is 576. The van der Waals surface area contributed by atoms with Gasteiger partial charge in [0.25, 0.3) is 0 Å². The maximum absolute atomic E-state index is 11.5. The van der Waals surface area contributed by atoms with Crippen molar-refractivity contribution in [3.63, 3.8) is 0 Å². The van der Waals surface area contributed by atoms with Crippen LogP contribution in [-0.4, -0.2) is 38.1 Å². The zero-order chi connectivity index (χ0) is 15.0. The summed E-state index contributed by atoms with van der Waals surface area (Å²) >= 11 is 0. The minimum atomic E-state index is -3.07. The second-order valence-electron chi connectivity index (χ2n) is 6.58. The van der Waals surface area contributed by atoms with Gasteiger partial charge >= 0.3 is 0 Å². The number of nitrogens with zero attached hydrogens (tertiary/aromatic N) is 1. The topological polar surface area (TPSA) is 49.4 Å². The van der Waals surface area contributed by atoms with Gasteiger partial charge < -0.3 is 5.32 Å². The number of hydrogen-bond donors (Lipinski definition) is 1. The lowest BCUT2D eigenvalue weighted by Crippen LogP contribution is -2.30. The quantitative estimate of drug-likeness (QED) is 0.932. The van der Waals surface area contributed by atoms with Gasteiger partial charge in [-0.2, -0.15) is 0 Å². The van der Waals surface area contributed by atoms with Crippen molar-refractivity contribution in [1.29, 1.82) is 0 Å². The SMILES string of the molecule is CC(C)(C)c1cccc(N[C@H]2CCN(S(C)(=O)=O)C2)c1. The molecule has 0 aliphatic carbocycles. The van der Waals surface area contributed by atoms with E-state index in [4.69, 9.17) is 0 Å². The van der Waals surface area contributed by atoms with Crippen LogP contribution in [0.2, 0.25) is 0 Å². The van der Waals surface area contributed by atoms with E-state index in [1.807, 2.05) is 12.1 Å². The fourth-order valence-corrected chi connectivity index (χ4v) is 3.35. The van der Waals surface area contributed by atoms with Crippen LogP contribution in [0.4, 0.5) is 5.69 Å². The Hall–Kier alpha value is -1.07. The number of rotatable bonds is 3. The fraction of sp³-hybridized carbons (Fsp3) is 0.600. The normalized spacial score (nSPS) is 21.1. The fourth-order valence-electron chi connectivity index (χ4n) is 2.46. The van der Waals surface area contributed by atoms with Gasteiger partial charge in [0, 0.05) is 24.8 Å². The molecule has 0 spiro atoms. The molecule has 20 heavy (non-hydrogen) atoms. The van der Waals surface area contributed by atoms with Crippen molar-refractivity contribution in [2.75, 3.05) is 24.7 Å².